The Hall–Kier alpha value is -2.60. The minimum atomic E-state index is -0.146. The molecule has 2 N–H and O–H groups in total. The molecule has 2 aromatic heterocycles. The summed E-state index contributed by atoms with van der Waals surface area (Å²) in [5.74, 6) is 0.849. The van der Waals surface area contributed by atoms with Crippen LogP contribution in [0, 0.1) is 0 Å². The highest BCUT2D eigenvalue weighted by atomic mass is 16.3. The Balaban J connectivity index is 1.63. The van der Waals surface area contributed by atoms with Crippen molar-refractivity contribution >= 4 is 17.2 Å². The molecule has 0 unspecified atom stereocenters. The minimum absolute atomic E-state index is 0.146. The SMILES string of the molecule is CN(C)c1cccc(-c2cnc3ccc(NC4CCC(O)CC4)nn23)c1. The molecule has 0 atom stereocenters. The van der Waals surface area contributed by atoms with Crippen LogP contribution in [0.4, 0.5) is 11.5 Å². The predicted molar refractivity (Wildman–Crippen MR) is 105 cm³/mol. The summed E-state index contributed by atoms with van der Waals surface area (Å²) in [7, 11) is 4.07. The van der Waals surface area contributed by atoms with Crippen LogP contribution >= 0.6 is 0 Å². The van der Waals surface area contributed by atoms with Crippen molar-refractivity contribution in [2.75, 3.05) is 24.3 Å². The number of benzene rings is 1. The minimum Gasteiger partial charge on any atom is -0.393 e. The zero-order valence-electron chi connectivity index (χ0n) is 15.3. The molecule has 6 nitrogen and oxygen atoms in total. The van der Waals surface area contributed by atoms with Crippen molar-refractivity contribution in [2.24, 2.45) is 0 Å². The zero-order valence-corrected chi connectivity index (χ0v) is 15.3. The van der Waals surface area contributed by atoms with Gasteiger partial charge < -0.3 is 15.3 Å². The second-order valence-electron chi connectivity index (χ2n) is 7.23. The highest BCUT2D eigenvalue weighted by Crippen LogP contribution is 2.26. The van der Waals surface area contributed by atoms with Crippen LogP contribution in [0.1, 0.15) is 25.7 Å². The lowest BCUT2D eigenvalue weighted by atomic mass is 9.93. The smallest absolute Gasteiger partial charge is 0.154 e. The highest BCUT2D eigenvalue weighted by Gasteiger charge is 2.19. The number of hydrogen-bond acceptors (Lipinski definition) is 5. The third kappa shape index (κ3) is 3.37. The van der Waals surface area contributed by atoms with Gasteiger partial charge in [0.15, 0.2) is 5.65 Å². The van der Waals surface area contributed by atoms with E-state index >= 15 is 0 Å². The predicted octanol–water partition coefficient (Wildman–Crippen LogP) is 3.18. The van der Waals surface area contributed by atoms with Crippen LogP contribution in [0.25, 0.3) is 16.9 Å². The second kappa shape index (κ2) is 6.96. The molecular weight excluding hydrogens is 326 g/mol. The van der Waals surface area contributed by atoms with E-state index in [9.17, 15) is 5.11 Å². The fourth-order valence-electron chi connectivity index (χ4n) is 3.52. The zero-order chi connectivity index (χ0) is 18.1. The summed E-state index contributed by atoms with van der Waals surface area (Å²) in [6, 6.07) is 12.7. The maximum atomic E-state index is 9.67. The van der Waals surface area contributed by atoms with Gasteiger partial charge in [0, 0.05) is 31.4 Å². The fraction of sp³-hybridized carbons (Fsp3) is 0.400. The molecule has 1 aliphatic carbocycles. The first kappa shape index (κ1) is 16.8. The summed E-state index contributed by atoms with van der Waals surface area (Å²) in [5.41, 5.74) is 4.05. The quantitative estimate of drug-likeness (QED) is 0.756. The van der Waals surface area contributed by atoms with Gasteiger partial charge in [-0.2, -0.15) is 0 Å². The molecule has 136 valence electrons. The maximum absolute atomic E-state index is 9.67. The number of aliphatic hydroxyl groups excluding tert-OH is 1. The Kier molecular flexibility index (Phi) is 4.51. The molecule has 0 bridgehead atoms. The van der Waals surface area contributed by atoms with Crippen molar-refractivity contribution in [3.8, 4) is 11.3 Å². The van der Waals surface area contributed by atoms with Crippen molar-refractivity contribution in [3.05, 3.63) is 42.6 Å². The molecule has 0 radical (unpaired) electrons. The van der Waals surface area contributed by atoms with Gasteiger partial charge in [-0.25, -0.2) is 9.50 Å². The standard InChI is InChI=1S/C20H25N5O/c1-24(2)16-5-3-4-14(12-16)18-13-21-20-11-10-19(23-25(18)20)22-15-6-8-17(26)9-7-15/h3-5,10-13,15,17,26H,6-9H2,1-2H3,(H,22,23). The third-order valence-electron chi connectivity index (χ3n) is 5.07. The molecule has 1 aliphatic rings. The Labute approximate surface area is 153 Å². The van der Waals surface area contributed by atoms with Crippen molar-refractivity contribution in [1.82, 2.24) is 14.6 Å². The number of nitrogens with one attached hydrogen (secondary N) is 1. The van der Waals surface area contributed by atoms with Crippen LogP contribution in [0.2, 0.25) is 0 Å². The summed E-state index contributed by atoms with van der Waals surface area (Å²) in [6.45, 7) is 0. The largest absolute Gasteiger partial charge is 0.393 e. The molecule has 2 heterocycles. The van der Waals surface area contributed by atoms with E-state index in [0.717, 1.165) is 54.1 Å². The number of rotatable bonds is 4. The van der Waals surface area contributed by atoms with Crippen molar-refractivity contribution in [2.45, 2.75) is 37.8 Å². The van der Waals surface area contributed by atoms with E-state index < -0.39 is 0 Å². The number of aliphatic hydroxyl groups is 1. The summed E-state index contributed by atoms with van der Waals surface area (Å²) in [5, 5.41) is 17.9. The first-order chi connectivity index (χ1) is 12.6. The van der Waals surface area contributed by atoms with Crippen molar-refractivity contribution in [1.29, 1.82) is 0 Å². The summed E-state index contributed by atoms with van der Waals surface area (Å²) in [6.07, 6.45) is 5.39. The molecular formula is C20H25N5O. The molecule has 6 heteroatoms. The van der Waals surface area contributed by atoms with E-state index in [-0.39, 0.29) is 6.10 Å². The van der Waals surface area contributed by atoms with Gasteiger partial charge in [-0.05, 0) is 49.9 Å². The van der Waals surface area contributed by atoms with Gasteiger partial charge in [-0.1, -0.05) is 12.1 Å². The van der Waals surface area contributed by atoms with Crippen LogP contribution in [0.3, 0.4) is 0 Å². The molecule has 1 aromatic carbocycles. The van der Waals surface area contributed by atoms with Gasteiger partial charge in [-0.15, -0.1) is 5.10 Å². The molecule has 1 fully saturated rings. The normalized spacial score (nSPS) is 20.3. The lowest BCUT2D eigenvalue weighted by molar-refractivity contribution is 0.126. The molecule has 1 saturated carbocycles. The number of fused-ring (bicyclic) bond motifs is 1. The van der Waals surface area contributed by atoms with E-state index in [2.05, 4.69) is 39.5 Å². The molecule has 26 heavy (non-hydrogen) atoms. The van der Waals surface area contributed by atoms with Gasteiger partial charge in [0.2, 0.25) is 0 Å². The topological polar surface area (TPSA) is 65.7 Å². The first-order valence-electron chi connectivity index (χ1n) is 9.17. The Morgan fingerprint density at radius 2 is 1.92 bits per heavy atom. The van der Waals surface area contributed by atoms with Crippen LogP contribution in [0.15, 0.2) is 42.6 Å². The number of nitrogens with zero attached hydrogens (tertiary/aromatic N) is 4. The Bertz CT molecular complexity index is 896. The first-order valence-corrected chi connectivity index (χ1v) is 9.17. The van der Waals surface area contributed by atoms with Gasteiger partial charge >= 0.3 is 0 Å². The van der Waals surface area contributed by atoms with E-state index in [1.807, 2.05) is 36.9 Å². The molecule has 4 rings (SSSR count). The maximum Gasteiger partial charge on any atom is 0.154 e. The molecule has 0 saturated heterocycles. The van der Waals surface area contributed by atoms with Crippen LogP contribution in [-0.4, -0.2) is 45.9 Å². The lowest BCUT2D eigenvalue weighted by Gasteiger charge is -2.26. The van der Waals surface area contributed by atoms with Crippen LogP contribution in [0.5, 0.6) is 0 Å². The van der Waals surface area contributed by atoms with Gasteiger partial charge in [-0.3, -0.25) is 0 Å². The van der Waals surface area contributed by atoms with E-state index in [1.165, 1.54) is 0 Å². The van der Waals surface area contributed by atoms with Crippen molar-refractivity contribution < 1.29 is 5.11 Å². The Morgan fingerprint density at radius 1 is 1.12 bits per heavy atom. The highest BCUT2D eigenvalue weighted by molar-refractivity contribution is 5.68. The van der Waals surface area contributed by atoms with Gasteiger partial charge in [0.25, 0.3) is 0 Å². The van der Waals surface area contributed by atoms with Gasteiger partial charge in [0.05, 0.1) is 18.0 Å². The third-order valence-corrected chi connectivity index (χ3v) is 5.07. The molecule has 0 amide bonds. The number of hydrogen-bond donors (Lipinski definition) is 2. The lowest BCUT2D eigenvalue weighted by Crippen LogP contribution is -2.28. The average molecular weight is 351 g/mol. The van der Waals surface area contributed by atoms with Crippen LogP contribution < -0.4 is 10.2 Å². The summed E-state index contributed by atoms with van der Waals surface area (Å²) >= 11 is 0. The van der Waals surface area contributed by atoms with Crippen molar-refractivity contribution in [3.63, 3.8) is 0 Å². The number of imidazole rings is 1. The molecule has 0 spiro atoms. The van der Waals surface area contributed by atoms with E-state index in [0.29, 0.717) is 6.04 Å². The fourth-order valence-corrected chi connectivity index (χ4v) is 3.52. The monoisotopic (exact) mass is 351 g/mol. The average Bonchev–Trinajstić information content (AvgIpc) is 3.07. The van der Waals surface area contributed by atoms with Crippen LogP contribution in [-0.2, 0) is 0 Å². The molecule has 0 aliphatic heterocycles. The summed E-state index contributed by atoms with van der Waals surface area (Å²) < 4.78 is 1.90. The van der Waals surface area contributed by atoms with E-state index in [1.54, 1.807) is 0 Å². The number of anilines is 2. The molecule has 3 aromatic rings. The summed E-state index contributed by atoms with van der Waals surface area (Å²) in [4.78, 5) is 6.58. The van der Waals surface area contributed by atoms with E-state index in [4.69, 9.17) is 5.10 Å². The van der Waals surface area contributed by atoms with Gasteiger partial charge in [0.1, 0.15) is 5.82 Å². The Morgan fingerprint density at radius 3 is 2.69 bits per heavy atom. The second-order valence-corrected chi connectivity index (χ2v) is 7.23. The number of aromatic nitrogens is 3.